The molecular formula is C14H20BrNO2. The first-order chi connectivity index (χ1) is 8.43. The average Bonchev–Trinajstić information content (AvgIpc) is 2.30. The molecule has 0 radical (unpaired) electrons. The number of carbonyl (C=O) groups excluding carboxylic acids is 1. The predicted molar refractivity (Wildman–Crippen MR) is 77.1 cm³/mol. The highest BCUT2D eigenvalue weighted by molar-refractivity contribution is 9.10. The zero-order valence-corrected chi connectivity index (χ0v) is 12.9. The lowest BCUT2D eigenvalue weighted by Gasteiger charge is -2.16. The van der Waals surface area contributed by atoms with Crippen LogP contribution in [0, 0.1) is 0 Å². The molecule has 4 heteroatoms. The van der Waals surface area contributed by atoms with Crippen molar-refractivity contribution in [1.29, 1.82) is 0 Å². The van der Waals surface area contributed by atoms with Crippen LogP contribution in [0.2, 0.25) is 0 Å². The number of carbonyl (C=O) groups is 1. The Morgan fingerprint density at radius 2 is 2.06 bits per heavy atom. The van der Waals surface area contributed by atoms with E-state index >= 15 is 0 Å². The van der Waals surface area contributed by atoms with Crippen molar-refractivity contribution < 1.29 is 9.53 Å². The van der Waals surface area contributed by atoms with E-state index < -0.39 is 0 Å². The molecule has 0 aliphatic heterocycles. The minimum atomic E-state index is -0.0960. The fourth-order valence-electron chi connectivity index (χ4n) is 1.44. The van der Waals surface area contributed by atoms with Crippen molar-refractivity contribution in [3.05, 3.63) is 28.2 Å². The highest BCUT2D eigenvalue weighted by Gasteiger charge is 2.15. The number of benzene rings is 1. The summed E-state index contributed by atoms with van der Waals surface area (Å²) in [6.07, 6.45) is 0.946. The quantitative estimate of drug-likeness (QED) is 0.898. The molecule has 0 saturated carbocycles. The van der Waals surface area contributed by atoms with Gasteiger partial charge < -0.3 is 10.1 Å². The summed E-state index contributed by atoms with van der Waals surface area (Å²) >= 11 is 3.38. The van der Waals surface area contributed by atoms with Crippen LogP contribution in [0.25, 0.3) is 0 Å². The molecule has 1 aromatic carbocycles. The van der Waals surface area contributed by atoms with Gasteiger partial charge >= 0.3 is 0 Å². The van der Waals surface area contributed by atoms with Crippen LogP contribution < -0.4 is 10.1 Å². The Bertz CT molecular complexity index is 418. The molecule has 0 saturated heterocycles. The van der Waals surface area contributed by atoms with Gasteiger partial charge in [0.05, 0.1) is 11.7 Å². The maximum absolute atomic E-state index is 12.2. The normalized spacial score (nSPS) is 12.3. The first-order valence-electron chi connectivity index (χ1n) is 6.21. The number of amides is 1. The number of rotatable bonds is 5. The topological polar surface area (TPSA) is 38.3 Å². The van der Waals surface area contributed by atoms with Gasteiger partial charge in [-0.25, -0.2) is 0 Å². The molecular weight excluding hydrogens is 294 g/mol. The molecule has 0 aliphatic carbocycles. The van der Waals surface area contributed by atoms with Gasteiger partial charge in [-0.15, -0.1) is 0 Å². The molecule has 100 valence electrons. The molecule has 3 nitrogen and oxygen atoms in total. The van der Waals surface area contributed by atoms with Gasteiger partial charge in [-0.1, -0.05) is 22.9 Å². The van der Waals surface area contributed by atoms with Gasteiger partial charge in [-0.2, -0.15) is 0 Å². The smallest absolute Gasteiger partial charge is 0.255 e. The standard InChI is InChI=1S/C14H20BrNO2/c1-5-10(4)16-14(17)12-8-11(15)6-7-13(12)18-9(2)3/h6-10H,5H2,1-4H3,(H,16,17). The molecule has 1 atom stereocenters. The maximum Gasteiger partial charge on any atom is 0.255 e. The van der Waals surface area contributed by atoms with Gasteiger partial charge in [0.1, 0.15) is 5.75 Å². The van der Waals surface area contributed by atoms with Crippen LogP contribution >= 0.6 is 15.9 Å². The lowest BCUT2D eigenvalue weighted by Crippen LogP contribution is -2.32. The molecule has 18 heavy (non-hydrogen) atoms. The van der Waals surface area contributed by atoms with Crippen molar-refractivity contribution in [3.63, 3.8) is 0 Å². The number of nitrogens with one attached hydrogen (secondary N) is 1. The molecule has 0 aliphatic rings. The largest absolute Gasteiger partial charge is 0.490 e. The van der Waals surface area contributed by atoms with E-state index in [1.807, 2.05) is 39.8 Å². The first-order valence-corrected chi connectivity index (χ1v) is 7.00. The van der Waals surface area contributed by atoms with Gasteiger partial charge in [0.15, 0.2) is 0 Å². The Morgan fingerprint density at radius 3 is 2.61 bits per heavy atom. The molecule has 1 N–H and O–H groups in total. The van der Waals surface area contributed by atoms with Crippen molar-refractivity contribution in [2.45, 2.75) is 46.3 Å². The highest BCUT2D eigenvalue weighted by atomic mass is 79.9. The first kappa shape index (κ1) is 15.0. The Balaban J connectivity index is 2.97. The van der Waals surface area contributed by atoms with E-state index in [0.717, 1.165) is 10.9 Å². The molecule has 0 spiro atoms. The van der Waals surface area contributed by atoms with Crippen LogP contribution in [0.15, 0.2) is 22.7 Å². The summed E-state index contributed by atoms with van der Waals surface area (Å²) in [6.45, 7) is 7.91. The van der Waals surface area contributed by atoms with Crippen LogP contribution in [-0.4, -0.2) is 18.1 Å². The van der Waals surface area contributed by atoms with E-state index in [0.29, 0.717) is 11.3 Å². The van der Waals surface area contributed by atoms with Crippen LogP contribution in [0.5, 0.6) is 5.75 Å². The van der Waals surface area contributed by atoms with Gasteiger partial charge in [0, 0.05) is 10.5 Å². The summed E-state index contributed by atoms with van der Waals surface area (Å²) in [5, 5.41) is 2.95. The molecule has 1 amide bonds. The molecule has 0 aromatic heterocycles. The van der Waals surface area contributed by atoms with Gasteiger partial charge in [0.25, 0.3) is 5.91 Å². The lowest BCUT2D eigenvalue weighted by molar-refractivity contribution is 0.0933. The second-order valence-corrected chi connectivity index (χ2v) is 5.51. The Hall–Kier alpha value is -1.03. The number of halogens is 1. The van der Waals surface area contributed by atoms with Crippen LogP contribution in [0.1, 0.15) is 44.5 Å². The van der Waals surface area contributed by atoms with Crippen molar-refractivity contribution in [1.82, 2.24) is 5.32 Å². The predicted octanol–water partition coefficient (Wildman–Crippen LogP) is 3.76. The third-order valence-corrected chi connectivity index (χ3v) is 3.03. The Morgan fingerprint density at radius 1 is 1.39 bits per heavy atom. The summed E-state index contributed by atoms with van der Waals surface area (Å²) in [6, 6.07) is 5.63. The second kappa shape index (κ2) is 6.78. The fraction of sp³-hybridized carbons (Fsp3) is 0.500. The number of ether oxygens (including phenoxy) is 1. The monoisotopic (exact) mass is 313 g/mol. The van der Waals surface area contributed by atoms with Crippen LogP contribution in [-0.2, 0) is 0 Å². The van der Waals surface area contributed by atoms with Gasteiger partial charge in [0.2, 0.25) is 0 Å². The lowest BCUT2D eigenvalue weighted by atomic mass is 10.1. The third kappa shape index (κ3) is 4.33. The zero-order chi connectivity index (χ0) is 13.7. The number of hydrogen-bond acceptors (Lipinski definition) is 2. The molecule has 1 aromatic rings. The minimum Gasteiger partial charge on any atom is -0.490 e. The number of hydrogen-bond donors (Lipinski definition) is 1. The van der Waals surface area contributed by atoms with Crippen molar-refractivity contribution in [2.75, 3.05) is 0 Å². The van der Waals surface area contributed by atoms with Gasteiger partial charge in [-0.3, -0.25) is 4.79 Å². The van der Waals surface area contributed by atoms with E-state index in [4.69, 9.17) is 4.74 Å². The average molecular weight is 314 g/mol. The van der Waals surface area contributed by atoms with Gasteiger partial charge in [-0.05, 0) is 45.4 Å². The fourth-order valence-corrected chi connectivity index (χ4v) is 1.80. The molecule has 1 unspecified atom stereocenters. The minimum absolute atomic E-state index is 0.0429. The Labute approximate surface area is 117 Å². The summed E-state index contributed by atoms with van der Waals surface area (Å²) < 4.78 is 6.52. The molecule has 0 heterocycles. The molecule has 1 rings (SSSR count). The summed E-state index contributed by atoms with van der Waals surface area (Å²) in [7, 11) is 0. The Kier molecular flexibility index (Phi) is 5.66. The van der Waals surface area contributed by atoms with E-state index in [2.05, 4.69) is 21.2 Å². The SMILES string of the molecule is CCC(C)NC(=O)c1cc(Br)ccc1OC(C)C. The van der Waals surface area contributed by atoms with Crippen LogP contribution in [0.4, 0.5) is 0 Å². The van der Waals surface area contributed by atoms with E-state index in [1.165, 1.54) is 0 Å². The zero-order valence-electron chi connectivity index (χ0n) is 11.3. The van der Waals surface area contributed by atoms with E-state index in [-0.39, 0.29) is 18.1 Å². The summed E-state index contributed by atoms with van der Waals surface area (Å²) in [4.78, 5) is 12.2. The third-order valence-electron chi connectivity index (χ3n) is 2.54. The van der Waals surface area contributed by atoms with E-state index in [9.17, 15) is 4.79 Å². The van der Waals surface area contributed by atoms with E-state index in [1.54, 1.807) is 6.07 Å². The maximum atomic E-state index is 12.2. The summed E-state index contributed by atoms with van der Waals surface area (Å²) in [5.41, 5.74) is 0.568. The van der Waals surface area contributed by atoms with Crippen LogP contribution in [0.3, 0.4) is 0 Å². The summed E-state index contributed by atoms with van der Waals surface area (Å²) in [5.74, 6) is 0.523. The molecule has 0 fully saturated rings. The van der Waals surface area contributed by atoms with Crippen molar-refractivity contribution in [2.24, 2.45) is 0 Å². The molecule has 0 bridgehead atoms. The van der Waals surface area contributed by atoms with Crippen molar-refractivity contribution in [3.8, 4) is 5.75 Å². The van der Waals surface area contributed by atoms with Crippen molar-refractivity contribution >= 4 is 21.8 Å². The second-order valence-electron chi connectivity index (χ2n) is 4.59. The highest BCUT2D eigenvalue weighted by Crippen LogP contribution is 2.24.